The minimum Gasteiger partial charge on any atom is -0.390 e. The quantitative estimate of drug-likeness (QED) is 0.646. The fraction of sp³-hybridized carbons (Fsp3) is 0.818. The third-order valence-corrected chi connectivity index (χ3v) is 9.18. The largest absolute Gasteiger partial charge is 0.390 e. The lowest BCUT2D eigenvalue weighted by atomic mass is 9.43. The Balaban J connectivity index is 1.86. The molecule has 5 nitrogen and oxygen atoms in total. The molecule has 162 valence electrons. The highest BCUT2D eigenvalue weighted by molar-refractivity contribution is 5.92. The van der Waals surface area contributed by atoms with Crippen LogP contribution in [0.2, 0.25) is 0 Å². The Morgan fingerprint density at radius 3 is 2.55 bits per heavy atom. The van der Waals surface area contributed by atoms with E-state index in [0.717, 1.165) is 0 Å². The van der Waals surface area contributed by atoms with Crippen LogP contribution in [0, 0.1) is 28.6 Å². The third kappa shape index (κ3) is 2.24. The van der Waals surface area contributed by atoms with E-state index < -0.39 is 64.5 Å². The summed E-state index contributed by atoms with van der Waals surface area (Å²) in [5.41, 5.74) is -6.41. The van der Waals surface area contributed by atoms with Crippen molar-refractivity contribution < 1.29 is 33.7 Å². The van der Waals surface area contributed by atoms with E-state index in [1.807, 2.05) is 0 Å². The summed E-state index contributed by atoms with van der Waals surface area (Å²) in [6.07, 6.45) is -1.64. The summed E-state index contributed by atoms with van der Waals surface area (Å²) < 4.78 is 32.2. The van der Waals surface area contributed by atoms with E-state index in [1.165, 1.54) is 6.08 Å². The molecule has 29 heavy (non-hydrogen) atoms. The van der Waals surface area contributed by atoms with Gasteiger partial charge in [-0.25, -0.2) is 8.78 Å². The lowest BCUT2D eigenvalue weighted by Crippen LogP contribution is -2.71. The van der Waals surface area contributed by atoms with Gasteiger partial charge >= 0.3 is 0 Å². The first-order valence-corrected chi connectivity index (χ1v) is 10.5. The van der Waals surface area contributed by atoms with Crippen LogP contribution in [0.3, 0.4) is 0 Å². The zero-order valence-electron chi connectivity index (χ0n) is 17.1. The fourth-order valence-corrected chi connectivity index (χ4v) is 7.61. The van der Waals surface area contributed by atoms with Gasteiger partial charge in [-0.1, -0.05) is 20.8 Å². The van der Waals surface area contributed by atoms with E-state index >= 15 is 8.78 Å². The van der Waals surface area contributed by atoms with Crippen LogP contribution in [0.1, 0.15) is 52.9 Å². The van der Waals surface area contributed by atoms with E-state index in [9.17, 15) is 24.9 Å². The van der Waals surface area contributed by atoms with Crippen molar-refractivity contribution in [3.8, 4) is 0 Å². The number of aliphatic hydroxyl groups is 3. The number of fused-ring (bicyclic) bond motifs is 5. The van der Waals surface area contributed by atoms with Crippen LogP contribution in [0.4, 0.5) is 8.78 Å². The Bertz CT molecular complexity index is 798. The molecule has 0 heterocycles. The maximum Gasteiger partial charge on any atom is 0.190 e. The van der Waals surface area contributed by atoms with Gasteiger partial charge in [-0.15, -0.1) is 0 Å². The summed E-state index contributed by atoms with van der Waals surface area (Å²) in [6.45, 7) is 4.09. The van der Waals surface area contributed by atoms with E-state index in [0.29, 0.717) is 6.42 Å². The van der Waals surface area contributed by atoms with Crippen LogP contribution in [-0.2, 0) is 9.59 Å². The van der Waals surface area contributed by atoms with Gasteiger partial charge in [-0.05, 0) is 49.2 Å². The molecule has 0 unspecified atom stereocenters. The Labute approximate surface area is 169 Å². The summed E-state index contributed by atoms with van der Waals surface area (Å²) in [6, 6.07) is 0. The van der Waals surface area contributed by atoms with Gasteiger partial charge in [0.15, 0.2) is 11.6 Å². The zero-order chi connectivity index (χ0) is 21.6. The van der Waals surface area contributed by atoms with Crippen LogP contribution in [0.15, 0.2) is 11.6 Å². The van der Waals surface area contributed by atoms with Crippen molar-refractivity contribution in [2.75, 3.05) is 6.61 Å². The predicted octanol–water partition coefficient (Wildman–Crippen LogP) is 2.07. The molecule has 0 aliphatic heterocycles. The first kappa shape index (κ1) is 21.1. The Morgan fingerprint density at radius 2 is 1.93 bits per heavy atom. The van der Waals surface area contributed by atoms with E-state index in [1.54, 1.807) is 20.8 Å². The maximum absolute atomic E-state index is 16.9. The number of hydrogen-bond donors (Lipinski definition) is 3. The van der Waals surface area contributed by atoms with E-state index in [4.69, 9.17) is 0 Å². The van der Waals surface area contributed by atoms with Crippen molar-refractivity contribution in [2.45, 2.75) is 76.4 Å². The molecule has 3 saturated carbocycles. The third-order valence-electron chi connectivity index (χ3n) is 9.18. The molecule has 0 amide bonds. The van der Waals surface area contributed by atoms with Gasteiger partial charge in [-0.2, -0.15) is 0 Å². The van der Waals surface area contributed by atoms with Crippen molar-refractivity contribution in [2.24, 2.45) is 28.6 Å². The summed E-state index contributed by atoms with van der Waals surface area (Å²) in [4.78, 5) is 24.4. The maximum atomic E-state index is 16.9. The second-order valence-electron chi connectivity index (χ2n) is 10.2. The smallest absolute Gasteiger partial charge is 0.190 e. The highest BCUT2D eigenvalue weighted by atomic mass is 19.1. The van der Waals surface area contributed by atoms with E-state index in [2.05, 4.69) is 0 Å². The molecule has 0 aromatic carbocycles. The standard InChI is InChI=1S/C22H30F2O5/c1-11-6-13-14-8-16(23)15-7-12(26)4-5-19(15,2)21(14,24)17(27)9-20(13,3)22(11,29)18(28)10-25/h7,11,13-14,16-17,25,27,29H,4-6,8-10H2,1-3H3/t11-,13-,14-,16-,17-,19-,20-,21-,22-/m0/s1. The molecule has 4 aliphatic rings. The number of alkyl halides is 2. The van der Waals surface area contributed by atoms with Crippen LogP contribution < -0.4 is 0 Å². The molecule has 0 spiro atoms. The molecule has 0 radical (unpaired) electrons. The number of allylic oxidation sites excluding steroid dienone is 1. The molecule has 0 saturated heterocycles. The molecule has 0 aromatic rings. The van der Waals surface area contributed by atoms with E-state index in [-0.39, 0.29) is 37.0 Å². The van der Waals surface area contributed by atoms with Crippen molar-refractivity contribution in [3.05, 3.63) is 11.6 Å². The lowest BCUT2D eigenvalue weighted by molar-refractivity contribution is -0.233. The van der Waals surface area contributed by atoms with Gasteiger partial charge in [0.25, 0.3) is 0 Å². The molecule has 4 rings (SSSR count). The normalized spacial score (nSPS) is 54.3. The molecule has 7 heteroatoms. The van der Waals surface area contributed by atoms with Gasteiger partial charge in [0, 0.05) is 23.2 Å². The number of rotatable bonds is 2. The number of hydrogen-bond acceptors (Lipinski definition) is 5. The lowest BCUT2D eigenvalue weighted by Gasteiger charge is -2.63. The van der Waals surface area contributed by atoms with Crippen molar-refractivity contribution in [3.63, 3.8) is 0 Å². The number of halogens is 2. The molecular weight excluding hydrogens is 382 g/mol. The van der Waals surface area contributed by atoms with Crippen molar-refractivity contribution in [1.29, 1.82) is 0 Å². The van der Waals surface area contributed by atoms with Crippen LogP contribution in [0.5, 0.6) is 0 Å². The predicted molar refractivity (Wildman–Crippen MR) is 100 cm³/mol. The summed E-state index contributed by atoms with van der Waals surface area (Å²) in [7, 11) is 0. The fourth-order valence-electron chi connectivity index (χ4n) is 7.61. The summed E-state index contributed by atoms with van der Waals surface area (Å²) in [5, 5.41) is 31.9. The molecular formula is C22H30F2O5. The summed E-state index contributed by atoms with van der Waals surface area (Å²) in [5.74, 6) is -2.95. The van der Waals surface area contributed by atoms with Gasteiger partial charge in [-0.3, -0.25) is 9.59 Å². The Hall–Kier alpha value is -1.18. The second-order valence-corrected chi connectivity index (χ2v) is 10.2. The number of carbonyl (C=O) groups is 2. The Kier molecular flexibility index (Phi) is 4.48. The second kappa shape index (κ2) is 6.17. The molecule has 4 aliphatic carbocycles. The zero-order valence-corrected chi connectivity index (χ0v) is 17.1. The highest BCUT2D eigenvalue weighted by Crippen LogP contribution is 2.71. The topological polar surface area (TPSA) is 94.8 Å². The number of aliphatic hydroxyl groups excluding tert-OH is 2. The first-order valence-electron chi connectivity index (χ1n) is 10.5. The van der Waals surface area contributed by atoms with Gasteiger partial charge in [0.1, 0.15) is 24.0 Å². The van der Waals surface area contributed by atoms with Crippen molar-refractivity contribution >= 4 is 11.6 Å². The minimum absolute atomic E-state index is 0.100. The van der Waals surface area contributed by atoms with Crippen LogP contribution in [-0.4, -0.2) is 57.0 Å². The van der Waals surface area contributed by atoms with Crippen molar-refractivity contribution in [1.82, 2.24) is 0 Å². The minimum atomic E-state index is -2.15. The first-order chi connectivity index (χ1) is 13.4. The monoisotopic (exact) mass is 412 g/mol. The highest BCUT2D eigenvalue weighted by Gasteiger charge is 2.76. The molecule has 9 atom stereocenters. The number of carbonyl (C=O) groups excluding carboxylic acids is 2. The molecule has 0 bridgehead atoms. The molecule has 0 aromatic heterocycles. The van der Waals surface area contributed by atoms with Gasteiger partial charge in [0.2, 0.25) is 0 Å². The van der Waals surface area contributed by atoms with Gasteiger partial charge < -0.3 is 15.3 Å². The Morgan fingerprint density at radius 1 is 1.28 bits per heavy atom. The average molecular weight is 412 g/mol. The van der Waals surface area contributed by atoms with Gasteiger partial charge in [0.05, 0.1) is 6.10 Å². The average Bonchev–Trinajstić information content (AvgIpc) is 2.86. The summed E-state index contributed by atoms with van der Waals surface area (Å²) >= 11 is 0. The molecule has 3 N–H and O–H groups in total. The number of ketones is 2. The SMILES string of the molecule is C[C@H]1C[C@H]2[C@@H]3C[C@H](F)C4=CC(=O)CC[C@]4(C)[C@@]3(F)[C@@H](O)C[C@]2(C)[C@@]1(O)C(=O)CO. The van der Waals surface area contributed by atoms with Crippen LogP contribution in [0.25, 0.3) is 0 Å². The van der Waals surface area contributed by atoms with Crippen LogP contribution >= 0.6 is 0 Å². The number of Topliss-reactive ketones (excluding diaryl/α,β-unsaturated/α-hetero) is 1. The molecule has 3 fully saturated rings.